The largest absolute Gasteiger partial charge is 0.463 e. The molecule has 0 rings (SSSR count). The molecule has 0 aliphatic rings. The number of hydrogen-bond donors (Lipinski definition) is 0. The zero-order valence-electron chi connectivity index (χ0n) is 18.6. The van der Waals surface area contributed by atoms with Crippen LogP contribution in [-0.2, 0) is 9.53 Å². The van der Waals surface area contributed by atoms with E-state index in [2.05, 4.69) is 13.8 Å². The summed E-state index contributed by atoms with van der Waals surface area (Å²) in [5, 5.41) is 0. The summed E-state index contributed by atoms with van der Waals surface area (Å²) in [6.07, 6.45) is 28.6. The van der Waals surface area contributed by atoms with Gasteiger partial charge in [0.2, 0.25) is 0 Å². The molecule has 0 heterocycles. The predicted molar refractivity (Wildman–Crippen MR) is 119 cm³/mol. The first-order valence-corrected chi connectivity index (χ1v) is 12.1. The molecule has 0 atom stereocenters. The summed E-state index contributed by atoms with van der Waals surface area (Å²) in [7, 11) is 0. The highest BCUT2D eigenvalue weighted by Crippen LogP contribution is 2.13. The molecule has 0 spiro atoms. The van der Waals surface area contributed by atoms with E-state index in [0.717, 1.165) is 19.3 Å². The predicted octanol–water partition coefficient (Wildman–Crippen LogP) is 8.54. The third kappa shape index (κ3) is 23.2. The van der Waals surface area contributed by atoms with Gasteiger partial charge in [0.15, 0.2) is 0 Å². The molecule has 0 saturated carbocycles. The van der Waals surface area contributed by atoms with Crippen LogP contribution in [0.1, 0.15) is 136 Å². The van der Waals surface area contributed by atoms with Gasteiger partial charge >= 0.3 is 5.97 Å². The SMILES string of the molecule is CCCC/C=C/C(=O)OCCCCCCCCCCCCCCCCCC. The van der Waals surface area contributed by atoms with Gasteiger partial charge in [-0.2, -0.15) is 0 Å². The lowest BCUT2D eigenvalue weighted by molar-refractivity contribution is -0.137. The van der Waals surface area contributed by atoms with E-state index >= 15 is 0 Å². The molecule has 0 aliphatic heterocycles. The zero-order chi connectivity index (χ0) is 19.8. The molecule has 0 fully saturated rings. The fraction of sp³-hybridized carbons (Fsp3) is 0.880. The van der Waals surface area contributed by atoms with Gasteiger partial charge in [-0.25, -0.2) is 4.79 Å². The van der Waals surface area contributed by atoms with Crippen molar-refractivity contribution in [1.82, 2.24) is 0 Å². The Morgan fingerprint density at radius 2 is 1.00 bits per heavy atom. The summed E-state index contributed by atoms with van der Waals surface area (Å²) in [4.78, 5) is 11.5. The Kier molecular flexibility index (Phi) is 22.6. The number of carbonyl (C=O) groups is 1. The lowest BCUT2D eigenvalue weighted by Crippen LogP contribution is -2.02. The molecular weight excluding hydrogens is 332 g/mol. The molecule has 0 aromatic heterocycles. The molecule has 160 valence electrons. The Bertz CT molecular complexity index is 322. The molecule has 0 N–H and O–H groups in total. The number of unbranched alkanes of at least 4 members (excludes halogenated alkanes) is 17. The maximum absolute atomic E-state index is 11.5. The summed E-state index contributed by atoms with van der Waals surface area (Å²) < 4.78 is 5.22. The Morgan fingerprint density at radius 1 is 0.593 bits per heavy atom. The normalized spacial score (nSPS) is 11.3. The molecule has 2 heteroatoms. The first-order valence-electron chi connectivity index (χ1n) is 12.1. The van der Waals surface area contributed by atoms with Crippen LogP contribution in [-0.4, -0.2) is 12.6 Å². The second-order valence-electron chi connectivity index (χ2n) is 8.02. The van der Waals surface area contributed by atoms with E-state index in [-0.39, 0.29) is 5.97 Å². The molecule has 2 nitrogen and oxygen atoms in total. The molecule has 0 saturated heterocycles. The van der Waals surface area contributed by atoms with Gasteiger partial charge in [-0.3, -0.25) is 0 Å². The monoisotopic (exact) mass is 380 g/mol. The lowest BCUT2D eigenvalue weighted by atomic mass is 10.0. The average Bonchev–Trinajstić information content (AvgIpc) is 2.67. The van der Waals surface area contributed by atoms with Crippen LogP contribution in [0, 0.1) is 0 Å². The van der Waals surface area contributed by atoms with Crippen molar-refractivity contribution < 1.29 is 9.53 Å². The van der Waals surface area contributed by atoms with E-state index in [1.165, 1.54) is 103 Å². The van der Waals surface area contributed by atoms with Crippen LogP contribution >= 0.6 is 0 Å². The Hall–Kier alpha value is -0.790. The maximum atomic E-state index is 11.5. The first kappa shape index (κ1) is 26.2. The van der Waals surface area contributed by atoms with Crippen molar-refractivity contribution in [3.63, 3.8) is 0 Å². The van der Waals surface area contributed by atoms with Crippen LogP contribution in [0.2, 0.25) is 0 Å². The van der Waals surface area contributed by atoms with Gasteiger partial charge in [-0.05, 0) is 12.8 Å². The van der Waals surface area contributed by atoms with E-state index in [1.54, 1.807) is 6.08 Å². The van der Waals surface area contributed by atoms with E-state index in [0.29, 0.717) is 6.61 Å². The number of esters is 1. The minimum Gasteiger partial charge on any atom is -0.463 e. The summed E-state index contributed by atoms with van der Waals surface area (Å²) in [6.45, 7) is 5.02. The van der Waals surface area contributed by atoms with Crippen molar-refractivity contribution in [2.45, 2.75) is 136 Å². The highest BCUT2D eigenvalue weighted by molar-refractivity contribution is 5.81. The van der Waals surface area contributed by atoms with E-state index in [4.69, 9.17) is 4.74 Å². The van der Waals surface area contributed by atoms with Gasteiger partial charge in [0.1, 0.15) is 0 Å². The van der Waals surface area contributed by atoms with Crippen LogP contribution in [0.25, 0.3) is 0 Å². The zero-order valence-corrected chi connectivity index (χ0v) is 18.6. The smallest absolute Gasteiger partial charge is 0.330 e. The van der Waals surface area contributed by atoms with Crippen LogP contribution in [0.4, 0.5) is 0 Å². The summed E-state index contributed by atoms with van der Waals surface area (Å²) in [5.41, 5.74) is 0. The number of carbonyl (C=O) groups excluding carboxylic acids is 1. The lowest BCUT2D eigenvalue weighted by Gasteiger charge is -2.04. The Morgan fingerprint density at radius 3 is 1.44 bits per heavy atom. The minimum atomic E-state index is -0.174. The number of ether oxygens (including phenoxy) is 1. The van der Waals surface area contributed by atoms with Gasteiger partial charge < -0.3 is 4.74 Å². The van der Waals surface area contributed by atoms with Crippen LogP contribution in [0.15, 0.2) is 12.2 Å². The number of rotatable bonds is 21. The van der Waals surface area contributed by atoms with Crippen LogP contribution < -0.4 is 0 Å². The second kappa shape index (κ2) is 23.2. The maximum Gasteiger partial charge on any atom is 0.330 e. The highest BCUT2D eigenvalue weighted by Gasteiger charge is 1.97. The Balaban J connectivity index is 3.12. The van der Waals surface area contributed by atoms with E-state index in [1.807, 2.05) is 6.08 Å². The first-order chi connectivity index (χ1) is 13.3. The molecule has 0 amide bonds. The summed E-state index contributed by atoms with van der Waals surface area (Å²) in [6, 6.07) is 0. The molecule has 0 radical (unpaired) electrons. The molecule has 0 aromatic carbocycles. The molecular formula is C25H48O2. The molecule has 27 heavy (non-hydrogen) atoms. The minimum absolute atomic E-state index is 0.174. The third-order valence-corrected chi connectivity index (χ3v) is 5.22. The van der Waals surface area contributed by atoms with E-state index < -0.39 is 0 Å². The van der Waals surface area contributed by atoms with Crippen LogP contribution in [0.5, 0.6) is 0 Å². The molecule has 0 bridgehead atoms. The average molecular weight is 381 g/mol. The van der Waals surface area contributed by atoms with Gasteiger partial charge in [0, 0.05) is 6.08 Å². The molecule has 0 aromatic rings. The fourth-order valence-corrected chi connectivity index (χ4v) is 3.37. The van der Waals surface area contributed by atoms with Gasteiger partial charge in [0.05, 0.1) is 6.61 Å². The quantitative estimate of drug-likeness (QED) is 0.113. The Labute approximate surface area is 170 Å². The van der Waals surface area contributed by atoms with Crippen LogP contribution in [0.3, 0.4) is 0 Å². The summed E-state index contributed by atoms with van der Waals surface area (Å²) >= 11 is 0. The van der Waals surface area contributed by atoms with Crippen molar-refractivity contribution in [2.75, 3.05) is 6.61 Å². The fourth-order valence-electron chi connectivity index (χ4n) is 3.37. The number of hydrogen-bond acceptors (Lipinski definition) is 2. The summed E-state index contributed by atoms with van der Waals surface area (Å²) in [5.74, 6) is -0.174. The molecule has 0 aliphatic carbocycles. The topological polar surface area (TPSA) is 26.3 Å². The van der Waals surface area contributed by atoms with Crippen molar-refractivity contribution in [3.05, 3.63) is 12.2 Å². The van der Waals surface area contributed by atoms with Crippen molar-refractivity contribution in [3.8, 4) is 0 Å². The van der Waals surface area contributed by atoms with E-state index in [9.17, 15) is 4.79 Å². The van der Waals surface area contributed by atoms with Crippen molar-refractivity contribution in [2.24, 2.45) is 0 Å². The third-order valence-electron chi connectivity index (χ3n) is 5.22. The number of allylic oxidation sites excluding steroid dienone is 1. The van der Waals surface area contributed by atoms with Crippen molar-refractivity contribution in [1.29, 1.82) is 0 Å². The standard InChI is InChI=1S/C25H48O2/c1-3-5-7-9-10-11-12-13-14-15-16-17-18-19-20-22-24-27-25(26)23-21-8-6-4-2/h21,23H,3-20,22,24H2,1-2H3/b23-21+. The highest BCUT2D eigenvalue weighted by atomic mass is 16.5. The van der Waals surface area contributed by atoms with Crippen molar-refractivity contribution >= 4 is 5.97 Å². The van der Waals surface area contributed by atoms with Gasteiger partial charge in [-0.1, -0.05) is 129 Å². The molecule has 0 unspecified atom stereocenters. The van der Waals surface area contributed by atoms with Gasteiger partial charge in [-0.15, -0.1) is 0 Å². The second-order valence-corrected chi connectivity index (χ2v) is 8.02. The van der Waals surface area contributed by atoms with Gasteiger partial charge in [0.25, 0.3) is 0 Å².